The van der Waals surface area contributed by atoms with Crippen molar-refractivity contribution in [3.63, 3.8) is 0 Å². The monoisotopic (exact) mass is 249 g/mol. The molecule has 0 aromatic carbocycles. The van der Waals surface area contributed by atoms with Gasteiger partial charge in [-0.2, -0.15) is 15.3 Å². The average Bonchev–Trinajstić information content (AvgIpc) is 2.41. The van der Waals surface area contributed by atoms with Gasteiger partial charge in [-0.15, -0.1) is 0 Å². The predicted molar refractivity (Wildman–Crippen MR) is 70.8 cm³/mol. The summed E-state index contributed by atoms with van der Waals surface area (Å²) < 4.78 is 0. The molecule has 5 nitrogen and oxygen atoms in total. The molecule has 0 radical (unpaired) electrons. The number of likely N-dealkylation sites (tertiary alicyclic amines) is 1. The standard InChI is InChI=1S/C11H15N5S/c17-11(16-6-2-1-3-7-16)15-14-9-10-4-5-12-13-8-10/h4-5,8-9H,1-3,6-7H2,(H,15,17)/b14-9+. The molecule has 90 valence electrons. The lowest BCUT2D eigenvalue weighted by atomic mass is 10.1. The first kappa shape index (κ1) is 11.9. The molecule has 2 heterocycles. The quantitative estimate of drug-likeness (QED) is 0.484. The van der Waals surface area contributed by atoms with Gasteiger partial charge in [-0.3, -0.25) is 5.43 Å². The zero-order valence-electron chi connectivity index (χ0n) is 9.54. The number of nitrogens with one attached hydrogen (secondary N) is 1. The smallest absolute Gasteiger partial charge is 0.189 e. The van der Waals surface area contributed by atoms with E-state index in [9.17, 15) is 0 Å². The highest BCUT2D eigenvalue weighted by Gasteiger charge is 2.12. The fourth-order valence-corrected chi connectivity index (χ4v) is 1.94. The lowest BCUT2D eigenvalue weighted by molar-refractivity contribution is 0.338. The van der Waals surface area contributed by atoms with E-state index in [4.69, 9.17) is 12.2 Å². The molecule has 1 aliphatic rings. The van der Waals surface area contributed by atoms with Gasteiger partial charge in [0.25, 0.3) is 0 Å². The number of nitrogens with zero attached hydrogens (tertiary/aromatic N) is 4. The van der Waals surface area contributed by atoms with Crippen molar-refractivity contribution >= 4 is 23.5 Å². The summed E-state index contributed by atoms with van der Waals surface area (Å²) in [5, 5.41) is 12.2. The zero-order chi connectivity index (χ0) is 11.9. The van der Waals surface area contributed by atoms with Crippen LogP contribution in [-0.2, 0) is 0 Å². The molecule has 1 saturated heterocycles. The van der Waals surface area contributed by atoms with E-state index >= 15 is 0 Å². The molecule has 0 unspecified atom stereocenters. The van der Waals surface area contributed by atoms with Crippen molar-refractivity contribution in [2.75, 3.05) is 13.1 Å². The van der Waals surface area contributed by atoms with Gasteiger partial charge in [0.05, 0.1) is 18.6 Å². The highest BCUT2D eigenvalue weighted by molar-refractivity contribution is 7.80. The second-order valence-electron chi connectivity index (χ2n) is 3.90. The van der Waals surface area contributed by atoms with E-state index in [1.54, 1.807) is 18.6 Å². The van der Waals surface area contributed by atoms with E-state index in [1.165, 1.54) is 19.3 Å². The minimum atomic E-state index is 0.697. The van der Waals surface area contributed by atoms with Crippen LogP contribution < -0.4 is 5.43 Å². The van der Waals surface area contributed by atoms with Crippen LogP contribution in [0.3, 0.4) is 0 Å². The van der Waals surface area contributed by atoms with Crippen molar-refractivity contribution in [1.82, 2.24) is 20.5 Å². The molecule has 1 N–H and O–H groups in total. The number of hydrogen-bond donors (Lipinski definition) is 1. The Morgan fingerprint density at radius 3 is 2.88 bits per heavy atom. The SMILES string of the molecule is S=C(N/N=C/c1ccnnc1)N1CCCCC1. The largest absolute Gasteiger partial charge is 0.348 e. The molecular weight excluding hydrogens is 234 g/mol. The van der Waals surface area contributed by atoms with Crippen LogP contribution in [0.1, 0.15) is 24.8 Å². The molecule has 6 heteroatoms. The Hall–Kier alpha value is -1.56. The fourth-order valence-electron chi connectivity index (χ4n) is 1.71. The van der Waals surface area contributed by atoms with E-state index < -0.39 is 0 Å². The Morgan fingerprint density at radius 2 is 2.18 bits per heavy atom. The Balaban J connectivity index is 1.81. The van der Waals surface area contributed by atoms with E-state index in [2.05, 4.69) is 25.6 Å². The normalized spacial score (nSPS) is 16.1. The highest BCUT2D eigenvalue weighted by Crippen LogP contribution is 2.08. The third-order valence-electron chi connectivity index (χ3n) is 2.62. The Morgan fingerprint density at radius 1 is 1.35 bits per heavy atom. The van der Waals surface area contributed by atoms with E-state index in [-0.39, 0.29) is 0 Å². The summed E-state index contributed by atoms with van der Waals surface area (Å²) >= 11 is 5.26. The molecule has 17 heavy (non-hydrogen) atoms. The van der Waals surface area contributed by atoms with Gasteiger partial charge < -0.3 is 4.90 Å². The summed E-state index contributed by atoms with van der Waals surface area (Å²) in [6, 6.07) is 1.84. The molecule has 1 aromatic rings. The molecule has 1 aliphatic heterocycles. The number of hydrogen-bond acceptors (Lipinski definition) is 4. The molecule has 1 fully saturated rings. The molecule has 2 rings (SSSR count). The second-order valence-corrected chi connectivity index (χ2v) is 4.29. The number of aromatic nitrogens is 2. The first-order valence-electron chi connectivity index (χ1n) is 5.71. The van der Waals surface area contributed by atoms with Crippen LogP contribution in [0.15, 0.2) is 23.6 Å². The van der Waals surface area contributed by atoms with E-state index in [0.29, 0.717) is 5.11 Å². The van der Waals surface area contributed by atoms with Crippen molar-refractivity contribution in [3.05, 3.63) is 24.0 Å². The third kappa shape index (κ3) is 3.74. The molecule has 0 aliphatic carbocycles. The first-order valence-corrected chi connectivity index (χ1v) is 6.12. The van der Waals surface area contributed by atoms with Crippen LogP contribution >= 0.6 is 12.2 Å². The van der Waals surface area contributed by atoms with Crippen molar-refractivity contribution in [2.45, 2.75) is 19.3 Å². The topological polar surface area (TPSA) is 53.4 Å². The van der Waals surface area contributed by atoms with Crippen LogP contribution in [0.4, 0.5) is 0 Å². The minimum absolute atomic E-state index is 0.697. The van der Waals surface area contributed by atoms with Crippen LogP contribution in [0.2, 0.25) is 0 Å². The summed E-state index contributed by atoms with van der Waals surface area (Å²) in [6.07, 6.45) is 8.68. The maximum Gasteiger partial charge on any atom is 0.189 e. The van der Waals surface area contributed by atoms with Crippen molar-refractivity contribution < 1.29 is 0 Å². The summed E-state index contributed by atoms with van der Waals surface area (Å²) in [4.78, 5) is 2.15. The van der Waals surface area contributed by atoms with Crippen molar-refractivity contribution in [1.29, 1.82) is 0 Å². The first-order chi connectivity index (χ1) is 8.36. The summed E-state index contributed by atoms with van der Waals surface area (Å²) in [5.74, 6) is 0. The van der Waals surface area contributed by atoms with Crippen LogP contribution in [0.25, 0.3) is 0 Å². The minimum Gasteiger partial charge on any atom is -0.348 e. The summed E-state index contributed by atoms with van der Waals surface area (Å²) in [6.45, 7) is 2.05. The lowest BCUT2D eigenvalue weighted by Crippen LogP contribution is -2.40. The second kappa shape index (κ2) is 6.24. The highest BCUT2D eigenvalue weighted by atomic mass is 32.1. The van der Waals surface area contributed by atoms with Gasteiger partial charge in [-0.05, 0) is 37.5 Å². The lowest BCUT2D eigenvalue weighted by Gasteiger charge is -2.28. The van der Waals surface area contributed by atoms with Gasteiger partial charge in [-0.1, -0.05) is 0 Å². The van der Waals surface area contributed by atoms with Gasteiger partial charge in [0.2, 0.25) is 0 Å². The van der Waals surface area contributed by atoms with E-state index in [1.807, 2.05) is 6.07 Å². The fraction of sp³-hybridized carbons (Fsp3) is 0.455. The number of hydrazone groups is 1. The van der Waals surface area contributed by atoms with Crippen molar-refractivity contribution in [3.8, 4) is 0 Å². The van der Waals surface area contributed by atoms with Crippen LogP contribution in [-0.4, -0.2) is 39.5 Å². The van der Waals surface area contributed by atoms with Crippen LogP contribution in [0.5, 0.6) is 0 Å². The molecule has 0 amide bonds. The molecule has 0 saturated carbocycles. The number of thiocarbonyl (C=S) groups is 1. The molecule has 0 bridgehead atoms. The predicted octanol–water partition coefficient (Wildman–Crippen LogP) is 1.17. The average molecular weight is 249 g/mol. The maximum atomic E-state index is 5.26. The molecule has 0 atom stereocenters. The number of rotatable bonds is 2. The van der Waals surface area contributed by atoms with Gasteiger partial charge in [0, 0.05) is 18.7 Å². The molecular formula is C11H15N5S. The van der Waals surface area contributed by atoms with Gasteiger partial charge in [-0.25, -0.2) is 0 Å². The van der Waals surface area contributed by atoms with Crippen LogP contribution in [0, 0.1) is 0 Å². The Bertz CT molecular complexity index is 386. The molecule has 0 spiro atoms. The van der Waals surface area contributed by atoms with Crippen molar-refractivity contribution in [2.24, 2.45) is 5.10 Å². The van der Waals surface area contributed by atoms with Gasteiger partial charge >= 0.3 is 0 Å². The summed E-state index contributed by atoms with van der Waals surface area (Å²) in [7, 11) is 0. The Labute approximate surface area is 106 Å². The third-order valence-corrected chi connectivity index (χ3v) is 2.97. The van der Waals surface area contributed by atoms with Gasteiger partial charge in [0.1, 0.15) is 0 Å². The zero-order valence-corrected chi connectivity index (χ0v) is 10.4. The van der Waals surface area contributed by atoms with E-state index in [0.717, 1.165) is 18.7 Å². The number of piperidine rings is 1. The maximum absolute atomic E-state index is 5.26. The van der Waals surface area contributed by atoms with Gasteiger partial charge in [0.15, 0.2) is 5.11 Å². The molecule has 1 aromatic heterocycles. The summed E-state index contributed by atoms with van der Waals surface area (Å²) in [5.41, 5.74) is 3.78. The Kier molecular flexibility index (Phi) is 4.37.